The van der Waals surface area contributed by atoms with Crippen LogP contribution in [0.1, 0.15) is 150 Å². The molecule has 0 aliphatic rings. The van der Waals surface area contributed by atoms with Crippen LogP contribution in [0.4, 0.5) is 4.79 Å². The number of nitrogens with zero attached hydrogens (tertiary/aromatic N) is 1. The second-order valence-electron chi connectivity index (χ2n) is 12.2. The molecular formula is C35H64N2O6. The van der Waals surface area contributed by atoms with E-state index in [9.17, 15) is 14.4 Å². The third-order valence-electron chi connectivity index (χ3n) is 6.73. The number of hydrazine groups is 1. The first-order valence-corrected chi connectivity index (χ1v) is 17.0. The summed E-state index contributed by atoms with van der Waals surface area (Å²) in [7, 11) is 0. The molecule has 1 N–H and O–H groups in total. The van der Waals surface area contributed by atoms with Crippen molar-refractivity contribution in [3.8, 4) is 0 Å². The van der Waals surface area contributed by atoms with Crippen molar-refractivity contribution in [2.75, 3.05) is 26.3 Å². The number of ether oxygens (including phenoxy) is 3. The minimum absolute atomic E-state index is 0.170. The number of rotatable bonds is 27. The summed E-state index contributed by atoms with van der Waals surface area (Å²) in [5, 5.41) is 1.88. The van der Waals surface area contributed by atoms with Crippen molar-refractivity contribution < 1.29 is 28.6 Å². The minimum atomic E-state index is -0.578. The molecule has 0 heterocycles. The Labute approximate surface area is 263 Å². The molecule has 250 valence electrons. The molecule has 0 aromatic rings. The Balaban J connectivity index is 4.20. The van der Waals surface area contributed by atoms with Crippen LogP contribution in [-0.2, 0) is 23.8 Å². The molecule has 0 aliphatic carbocycles. The van der Waals surface area contributed by atoms with E-state index in [1.165, 1.54) is 51.4 Å². The zero-order valence-electron chi connectivity index (χ0n) is 28.3. The molecule has 0 unspecified atom stereocenters. The van der Waals surface area contributed by atoms with Crippen LogP contribution in [0.15, 0.2) is 24.3 Å². The van der Waals surface area contributed by atoms with E-state index < -0.39 is 11.7 Å². The van der Waals surface area contributed by atoms with Gasteiger partial charge < -0.3 is 14.2 Å². The molecule has 0 saturated carbocycles. The number of unbranched alkanes of at least 4 members (excludes halogenated alkanes) is 12. The first-order chi connectivity index (χ1) is 20.7. The van der Waals surface area contributed by atoms with Crippen LogP contribution in [0.2, 0.25) is 0 Å². The lowest BCUT2D eigenvalue weighted by Gasteiger charge is -2.26. The Kier molecular flexibility index (Phi) is 26.9. The SMILES string of the molecule is CCCCCC/C=C\COC(=O)CCCCCN(CCCCCC(=O)OC/C=C\CCCCCC)NC(=O)OC(C)(C)C. The number of carbonyl (C=O) groups excluding carboxylic acids is 3. The largest absolute Gasteiger partial charge is 0.461 e. The van der Waals surface area contributed by atoms with Crippen molar-refractivity contribution in [1.82, 2.24) is 10.4 Å². The Hall–Kier alpha value is -2.35. The molecule has 8 nitrogen and oxygen atoms in total. The lowest BCUT2D eigenvalue weighted by molar-refractivity contribution is -0.143. The quantitative estimate of drug-likeness (QED) is 0.0327. The van der Waals surface area contributed by atoms with Crippen molar-refractivity contribution in [3.05, 3.63) is 24.3 Å². The lowest BCUT2D eigenvalue weighted by atomic mass is 10.1. The minimum Gasteiger partial charge on any atom is -0.461 e. The van der Waals surface area contributed by atoms with E-state index in [1.807, 2.05) is 37.9 Å². The molecule has 8 heteroatoms. The predicted octanol–water partition coefficient (Wildman–Crippen LogP) is 8.99. The van der Waals surface area contributed by atoms with Gasteiger partial charge >= 0.3 is 18.0 Å². The van der Waals surface area contributed by atoms with Crippen LogP contribution in [0.25, 0.3) is 0 Å². The Morgan fingerprint density at radius 1 is 0.605 bits per heavy atom. The maximum atomic E-state index is 12.3. The summed E-state index contributed by atoms with van der Waals surface area (Å²) in [5.74, 6) is -0.340. The van der Waals surface area contributed by atoms with Crippen molar-refractivity contribution in [3.63, 3.8) is 0 Å². The van der Waals surface area contributed by atoms with Crippen LogP contribution in [0, 0.1) is 0 Å². The Bertz CT molecular complexity index is 712. The van der Waals surface area contributed by atoms with Crippen LogP contribution in [-0.4, -0.2) is 54.9 Å². The zero-order valence-corrected chi connectivity index (χ0v) is 28.3. The predicted molar refractivity (Wildman–Crippen MR) is 176 cm³/mol. The van der Waals surface area contributed by atoms with Crippen LogP contribution >= 0.6 is 0 Å². The maximum absolute atomic E-state index is 12.3. The average Bonchev–Trinajstić information content (AvgIpc) is 2.94. The van der Waals surface area contributed by atoms with Gasteiger partial charge in [0.05, 0.1) is 0 Å². The number of amides is 1. The molecule has 43 heavy (non-hydrogen) atoms. The van der Waals surface area contributed by atoms with E-state index >= 15 is 0 Å². The van der Waals surface area contributed by atoms with E-state index in [1.54, 1.807) is 0 Å². The van der Waals surface area contributed by atoms with Crippen LogP contribution < -0.4 is 5.43 Å². The summed E-state index contributed by atoms with van der Waals surface area (Å²) in [6.45, 7) is 11.9. The average molecular weight is 609 g/mol. The first-order valence-electron chi connectivity index (χ1n) is 17.0. The van der Waals surface area contributed by atoms with Crippen molar-refractivity contribution in [2.45, 2.75) is 156 Å². The van der Waals surface area contributed by atoms with E-state index in [0.29, 0.717) is 39.1 Å². The van der Waals surface area contributed by atoms with Crippen LogP contribution in [0.3, 0.4) is 0 Å². The highest BCUT2D eigenvalue weighted by atomic mass is 16.6. The normalized spacial score (nSPS) is 11.9. The number of hydrogen-bond acceptors (Lipinski definition) is 7. The van der Waals surface area contributed by atoms with Crippen molar-refractivity contribution in [2.24, 2.45) is 0 Å². The van der Waals surface area contributed by atoms with Gasteiger partial charge in [0.15, 0.2) is 0 Å². The van der Waals surface area contributed by atoms with Gasteiger partial charge in [0.25, 0.3) is 0 Å². The number of allylic oxidation sites excluding steroid dienone is 2. The molecule has 1 amide bonds. The number of nitrogens with one attached hydrogen (secondary N) is 1. The third kappa shape index (κ3) is 30.9. The van der Waals surface area contributed by atoms with Gasteiger partial charge in [0.1, 0.15) is 18.8 Å². The van der Waals surface area contributed by atoms with Crippen molar-refractivity contribution >= 4 is 18.0 Å². The van der Waals surface area contributed by atoms with Gasteiger partial charge in [0.2, 0.25) is 0 Å². The van der Waals surface area contributed by atoms with Gasteiger partial charge in [-0.3, -0.25) is 15.0 Å². The van der Waals surface area contributed by atoms with E-state index in [0.717, 1.165) is 51.4 Å². The summed E-state index contributed by atoms with van der Waals surface area (Å²) in [4.78, 5) is 36.3. The molecule has 0 rings (SSSR count). The van der Waals surface area contributed by atoms with Gasteiger partial charge in [-0.1, -0.05) is 89.5 Å². The maximum Gasteiger partial charge on any atom is 0.422 e. The van der Waals surface area contributed by atoms with E-state index in [4.69, 9.17) is 14.2 Å². The number of esters is 2. The highest BCUT2D eigenvalue weighted by molar-refractivity contribution is 5.69. The van der Waals surface area contributed by atoms with Gasteiger partial charge in [0, 0.05) is 25.9 Å². The molecule has 0 bridgehead atoms. The van der Waals surface area contributed by atoms with E-state index in [2.05, 4.69) is 31.4 Å². The topological polar surface area (TPSA) is 94.2 Å². The summed E-state index contributed by atoms with van der Waals surface area (Å²) >= 11 is 0. The summed E-state index contributed by atoms with van der Waals surface area (Å²) < 4.78 is 16.0. The highest BCUT2D eigenvalue weighted by Crippen LogP contribution is 2.10. The summed E-state index contributed by atoms with van der Waals surface area (Å²) in [5.41, 5.74) is 2.28. The van der Waals surface area contributed by atoms with Gasteiger partial charge in [-0.2, -0.15) is 0 Å². The second kappa shape index (κ2) is 28.4. The molecular weight excluding hydrogens is 544 g/mol. The molecule has 0 fully saturated rings. The molecule has 0 atom stereocenters. The smallest absolute Gasteiger partial charge is 0.422 e. The van der Waals surface area contributed by atoms with Gasteiger partial charge in [-0.05, 0) is 72.1 Å². The van der Waals surface area contributed by atoms with Gasteiger partial charge in [-0.15, -0.1) is 0 Å². The molecule has 0 saturated heterocycles. The standard InChI is InChI=1S/C35H64N2O6/c1-6-8-10-12-14-16-24-30-41-32(38)26-20-18-22-28-37(36-34(40)43-35(3,4)5)29-23-19-21-27-33(39)42-31-25-17-15-13-11-9-7-2/h16-17,24-25H,6-15,18-23,26-31H2,1-5H3,(H,36,40)/b24-16-,25-17-. The molecule has 0 aromatic heterocycles. The summed E-state index contributed by atoms with van der Waals surface area (Å²) in [6.07, 6.45) is 25.2. The van der Waals surface area contributed by atoms with Crippen LogP contribution in [0.5, 0.6) is 0 Å². The summed E-state index contributed by atoms with van der Waals surface area (Å²) in [6, 6.07) is 0. The molecule has 0 spiro atoms. The fourth-order valence-electron chi connectivity index (χ4n) is 4.33. The molecule has 0 aromatic carbocycles. The lowest BCUT2D eigenvalue weighted by Crippen LogP contribution is -2.45. The third-order valence-corrected chi connectivity index (χ3v) is 6.73. The fraction of sp³-hybridized carbons (Fsp3) is 0.800. The number of carbonyl (C=O) groups is 3. The first kappa shape index (κ1) is 40.6. The highest BCUT2D eigenvalue weighted by Gasteiger charge is 2.18. The number of hydrogen-bond donors (Lipinski definition) is 1. The Morgan fingerprint density at radius 2 is 1.05 bits per heavy atom. The van der Waals surface area contributed by atoms with E-state index in [-0.39, 0.29) is 11.9 Å². The second-order valence-corrected chi connectivity index (χ2v) is 12.2. The zero-order chi connectivity index (χ0) is 32.0. The van der Waals surface area contributed by atoms with Gasteiger partial charge in [-0.25, -0.2) is 9.80 Å². The molecule has 0 aliphatic heterocycles. The molecule has 0 radical (unpaired) electrons. The Morgan fingerprint density at radius 3 is 1.47 bits per heavy atom. The van der Waals surface area contributed by atoms with Crippen molar-refractivity contribution in [1.29, 1.82) is 0 Å². The monoisotopic (exact) mass is 608 g/mol. The fourth-order valence-corrected chi connectivity index (χ4v) is 4.33.